The molecule has 7 heteroatoms. The van der Waals surface area contributed by atoms with Crippen LogP contribution in [0.2, 0.25) is 5.02 Å². The topological polar surface area (TPSA) is 81.1 Å². The van der Waals surface area contributed by atoms with Gasteiger partial charge in [-0.2, -0.15) is 0 Å². The van der Waals surface area contributed by atoms with Gasteiger partial charge < -0.3 is 20.0 Å². The summed E-state index contributed by atoms with van der Waals surface area (Å²) in [6.07, 6.45) is 0.480. The molecule has 2 rings (SSSR count). The van der Waals surface area contributed by atoms with Crippen LogP contribution < -0.4 is 0 Å². The molecule has 0 saturated carbocycles. The largest absolute Gasteiger partial charge is 0.506 e. The maximum absolute atomic E-state index is 12.4. The summed E-state index contributed by atoms with van der Waals surface area (Å²) in [6.45, 7) is 0.397. The van der Waals surface area contributed by atoms with Crippen LogP contribution in [-0.4, -0.2) is 64.6 Å². The number of aliphatic carboxylic acids is 1. The summed E-state index contributed by atoms with van der Waals surface area (Å²) in [4.78, 5) is 27.1. The maximum Gasteiger partial charge on any atom is 0.326 e. The third-order valence-corrected chi connectivity index (χ3v) is 4.28. The second-order valence-corrected chi connectivity index (χ2v) is 6.12. The highest BCUT2D eigenvalue weighted by atomic mass is 35.5. The van der Waals surface area contributed by atoms with Crippen molar-refractivity contribution in [1.29, 1.82) is 0 Å². The first-order chi connectivity index (χ1) is 10.3. The average Bonchev–Trinajstić information content (AvgIpc) is 2.88. The summed E-state index contributed by atoms with van der Waals surface area (Å²) in [7, 11) is 3.74. The minimum atomic E-state index is -0.985. The third kappa shape index (κ3) is 3.51. The first kappa shape index (κ1) is 16.6. The lowest BCUT2D eigenvalue weighted by molar-refractivity contribution is -0.148. The van der Waals surface area contributed by atoms with Crippen LogP contribution in [-0.2, 0) is 16.0 Å². The quantitative estimate of drug-likeness (QED) is 0.869. The van der Waals surface area contributed by atoms with E-state index >= 15 is 0 Å². The Morgan fingerprint density at radius 3 is 2.64 bits per heavy atom. The van der Waals surface area contributed by atoms with Crippen molar-refractivity contribution in [3.8, 4) is 5.75 Å². The molecule has 1 aromatic rings. The molecule has 1 saturated heterocycles. The summed E-state index contributed by atoms with van der Waals surface area (Å²) < 4.78 is 0. The summed E-state index contributed by atoms with van der Waals surface area (Å²) >= 11 is 5.83. The lowest BCUT2D eigenvalue weighted by atomic mass is 10.1. The number of nitrogens with zero attached hydrogens (tertiary/aromatic N) is 2. The lowest BCUT2D eigenvalue weighted by Crippen LogP contribution is -2.41. The highest BCUT2D eigenvalue weighted by Crippen LogP contribution is 2.26. The molecular weight excluding hydrogens is 308 g/mol. The number of benzene rings is 1. The zero-order chi connectivity index (χ0) is 16.4. The minimum Gasteiger partial charge on any atom is -0.506 e. The normalized spacial score (nSPS) is 21.4. The van der Waals surface area contributed by atoms with Gasteiger partial charge in [-0.1, -0.05) is 17.7 Å². The van der Waals surface area contributed by atoms with Crippen LogP contribution in [0, 0.1) is 0 Å². The smallest absolute Gasteiger partial charge is 0.326 e. The first-order valence-corrected chi connectivity index (χ1v) is 7.33. The number of halogens is 1. The van der Waals surface area contributed by atoms with Crippen molar-refractivity contribution in [3.63, 3.8) is 0 Å². The van der Waals surface area contributed by atoms with Gasteiger partial charge in [-0.25, -0.2) is 4.79 Å². The second-order valence-electron chi connectivity index (χ2n) is 5.72. The Bertz CT molecular complexity index is 591. The van der Waals surface area contributed by atoms with Crippen molar-refractivity contribution in [2.24, 2.45) is 0 Å². The van der Waals surface area contributed by atoms with Crippen molar-refractivity contribution < 1.29 is 19.8 Å². The van der Waals surface area contributed by atoms with E-state index in [-0.39, 0.29) is 29.1 Å². The van der Waals surface area contributed by atoms with Gasteiger partial charge in [0.25, 0.3) is 0 Å². The van der Waals surface area contributed by atoms with E-state index in [0.717, 1.165) is 0 Å². The molecule has 1 aliphatic rings. The Morgan fingerprint density at radius 1 is 1.41 bits per heavy atom. The number of aromatic hydroxyl groups is 1. The number of hydrogen-bond donors (Lipinski definition) is 2. The van der Waals surface area contributed by atoms with Gasteiger partial charge in [0.05, 0.1) is 11.4 Å². The van der Waals surface area contributed by atoms with Crippen molar-refractivity contribution in [2.75, 3.05) is 20.6 Å². The van der Waals surface area contributed by atoms with Crippen molar-refractivity contribution in [1.82, 2.24) is 9.80 Å². The summed E-state index contributed by atoms with van der Waals surface area (Å²) in [5, 5.41) is 18.9. The van der Waals surface area contributed by atoms with E-state index in [4.69, 9.17) is 11.6 Å². The fraction of sp³-hybridized carbons (Fsp3) is 0.467. The number of phenols is 1. The Balaban J connectivity index is 2.12. The molecule has 1 heterocycles. The number of carboxylic acids is 1. The predicted molar refractivity (Wildman–Crippen MR) is 82.0 cm³/mol. The van der Waals surface area contributed by atoms with Gasteiger partial charge in [-0.15, -0.1) is 0 Å². The third-order valence-electron chi connectivity index (χ3n) is 3.98. The van der Waals surface area contributed by atoms with E-state index in [0.29, 0.717) is 18.5 Å². The summed E-state index contributed by atoms with van der Waals surface area (Å²) in [5.74, 6) is -1.28. The molecule has 0 aromatic heterocycles. The van der Waals surface area contributed by atoms with Crippen LogP contribution in [0.1, 0.15) is 12.0 Å². The van der Waals surface area contributed by atoms with E-state index in [1.54, 1.807) is 6.07 Å². The number of rotatable bonds is 4. The van der Waals surface area contributed by atoms with Gasteiger partial charge in [0.2, 0.25) is 5.91 Å². The van der Waals surface area contributed by atoms with Crippen LogP contribution in [0.25, 0.3) is 0 Å². The van der Waals surface area contributed by atoms with E-state index < -0.39 is 12.0 Å². The van der Waals surface area contributed by atoms with Crippen LogP contribution in [0.15, 0.2) is 18.2 Å². The number of likely N-dealkylation sites (N-methyl/N-ethyl adjacent to an activating group) is 1. The Morgan fingerprint density at radius 2 is 2.09 bits per heavy atom. The maximum atomic E-state index is 12.4. The lowest BCUT2D eigenvalue weighted by Gasteiger charge is -2.22. The van der Waals surface area contributed by atoms with Crippen LogP contribution in [0.5, 0.6) is 5.75 Å². The standard InChI is InChI=1S/C15H19ClN2O4/c1-17(2)10-7-12(15(21)22)18(8-10)14(20)6-9-3-4-13(19)11(16)5-9/h3-5,10,12,19H,6-8H2,1-2H3,(H,21,22)/t10-,12+/m1/s1. The van der Waals surface area contributed by atoms with E-state index in [1.807, 2.05) is 19.0 Å². The molecule has 120 valence electrons. The SMILES string of the molecule is CN(C)[C@@H]1C[C@@H](C(=O)O)N(C(=O)Cc2ccc(O)c(Cl)c2)C1. The number of likely N-dealkylation sites (tertiary alicyclic amines) is 1. The molecule has 6 nitrogen and oxygen atoms in total. The molecule has 0 spiro atoms. The Labute approximate surface area is 133 Å². The molecule has 1 aliphatic heterocycles. The minimum absolute atomic E-state index is 0.0356. The van der Waals surface area contributed by atoms with Crippen molar-refractivity contribution in [2.45, 2.75) is 24.9 Å². The second kappa shape index (κ2) is 6.54. The number of carbonyl (C=O) groups is 2. The fourth-order valence-electron chi connectivity index (χ4n) is 2.63. The van der Waals surface area contributed by atoms with Gasteiger partial charge in [-0.05, 0) is 38.2 Å². The van der Waals surface area contributed by atoms with Gasteiger partial charge in [-0.3, -0.25) is 4.79 Å². The zero-order valence-electron chi connectivity index (χ0n) is 12.5. The molecule has 0 aliphatic carbocycles. The molecular formula is C15H19ClN2O4. The molecule has 22 heavy (non-hydrogen) atoms. The average molecular weight is 327 g/mol. The molecule has 0 bridgehead atoms. The molecule has 2 atom stereocenters. The highest BCUT2D eigenvalue weighted by Gasteiger charge is 2.40. The molecule has 2 N–H and O–H groups in total. The molecule has 1 amide bonds. The van der Waals surface area contributed by atoms with E-state index in [1.165, 1.54) is 17.0 Å². The van der Waals surface area contributed by atoms with Crippen molar-refractivity contribution >= 4 is 23.5 Å². The van der Waals surface area contributed by atoms with Gasteiger partial charge >= 0.3 is 5.97 Å². The fourth-order valence-corrected chi connectivity index (χ4v) is 2.84. The Hall–Kier alpha value is -1.79. The zero-order valence-corrected chi connectivity index (χ0v) is 13.2. The van der Waals surface area contributed by atoms with Crippen LogP contribution in [0.3, 0.4) is 0 Å². The molecule has 0 radical (unpaired) electrons. The number of phenolic OH excluding ortho intramolecular Hbond substituents is 1. The van der Waals surface area contributed by atoms with Crippen molar-refractivity contribution in [3.05, 3.63) is 28.8 Å². The highest BCUT2D eigenvalue weighted by molar-refractivity contribution is 6.32. The molecule has 1 fully saturated rings. The first-order valence-electron chi connectivity index (χ1n) is 6.95. The monoisotopic (exact) mass is 326 g/mol. The van der Waals surface area contributed by atoms with E-state index in [9.17, 15) is 19.8 Å². The number of amides is 1. The number of hydrogen-bond acceptors (Lipinski definition) is 4. The number of carbonyl (C=O) groups excluding carboxylic acids is 1. The molecule has 1 aromatic carbocycles. The number of carboxylic acid groups (broad SMARTS) is 1. The van der Waals surface area contributed by atoms with Gasteiger partial charge in [0, 0.05) is 12.6 Å². The summed E-state index contributed by atoms with van der Waals surface area (Å²) in [6, 6.07) is 3.78. The molecule has 0 unspecified atom stereocenters. The summed E-state index contributed by atoms with van der Waals surface area (Å²) in [5.41, 5.74) is 0.644. The predicted octanol–water partition coefficient (Wildman–Crippen LogP) is 1.20. The van der Waals surface area contributed by atoms with Crippen LogP contribution >= 0.6 is 11.6 Å². The van der Waals surface area contributed by atoms with E-state index in [2.05, 4.69) is 0 Å². The van der Waals surface area contributed by atoms with Gasteiger partial charge in [0.1, 0.15) is 11.8 Å². The van der Waals surface area contributed by atoms with Crippen LogP contribution in [0.4, 0.5) is 0 Å². The van der Waals surface area contributed by atoms with Gasteiger partial charge in [0.15, 0.2) is 0 Å². The Kier molecular flexibility index (Phi) is 4.93.